The van der Waals surface area contributed by atoms with Gasteiger partial charge in [-0.3, -0.25) is 4.79 Å². The van der Waals surface area contributed by atoms with Crippen molar-refractivity contribution in [3.8, 4) is 0 Å². The number of hydrogen-bond acceptors (Lipinski definition) is 5. The molecule has 1 amide bonds. The van der Waals surface area contributed by atoms with Crippen LogP contribution in [0.4, 0.5) is 0 Å². The van der Waals surface area contributed by atoms with Crippen molar-refractivity contribution >= 4 is 5.91 Å². The lowest BCUT2D eigenvalue weighted by Gasteiger charge is -2.45. The standard InChI is InChI=1S/C15H26N6O/c1-19(15(22)7-10-21-12-16-17-18-21)11-13-5-4-9-20-8-3-2-6-14(13)20/h12-14H,2-11H2,1H3. The number of nitrogens with zero attached hydrogens (tertiary/aromatic N) is 6. The van der Waals surface area contributed by atoms with E-state index in [4.69, 9.17) is 0 Å². The topological polar surface area (TPSA) is 67.2 Å². The van der Waals surface area contributed by atoms with Gasteiger partial charge in [0.1, 0.15) is 6.33 Å². The van der Waals surface area contributed by atoms with E-state index in [1.165, 1.54) is 45.2 Å². The van der Waals surface area contributed by atoms with E-state index in [2.05, 4.69) is 20.4 Å². The number of amides is 1. The smallest absolute Gasteiger partial charge is 0.224 e. The Morgan fingerprint density at radius 3 is 2.95 bits per heavy atom. The SMILES string of the molecule is CN(CC1CCCN2CCCCC12)C(=O)CCn1cnnn1. The van der Waals surface area contributed by atoms with Crippen molar-refractivity contribution < 1.29 is 4.79 Å². The minimum Gasteiger partial charge on any atom is -0.345 e. The van der Waals surface area contributed by atoms with Gasteiger partial charge in [0.25, 0.3) is 0 Å². The molecule has 2 aliphatic rings. The number of rotatable bonds is 5. The van der Waals surface area contributed by atoms with Crippen LogP contribution < -0.4 is 0 Å². The summed E-state index contributed by atoms with van der Waals surface area (Å²) in [6, 6.07) is 0.692. The summed E-state index contributed by atoms with van der Waals surface area (Å²) in [5, 5.41) is 11.0. The number of hydrogen-bond donors (Lipinski definition) is 0. The van der Waals surface area contributed by atoms with Crippen LogP contribution in [0.2, 0.25) is 0 Å². The summed E-state index contributed by atoms with van der Waals surface area (Å²) >= 11 is 0. The molecule has 7 heteroatoms. The van der Waals surface area contributed by atoms with E-state index < -0.39 is 0 Å². The minimum absolute atomic E-state index is 0.184. The van der Waals surface area contributed by atoms with Gasteiger partial charge in [-0.2, -0.15) is 0 Å². The van der Waals surface area contributed by atoms with Crippen molar-refractivity contribution in [1.29, 1.82) is 0 Å². The number of carbonyl (C=O) groups is 1. The van der Waals surface area contributed by atoms with Crippen molar-refractivity contribution in [3.05, 3.63) is 6.33 Å². The Bertz CT molecular complexity index is 474. The largest absolute Gasteiger partial charge is 0.345 e. The van der Waals surface area contributed by atoms with Crippen molar-refractivity contribution in [2.24, 2.45) is 5.92 Å². The van der Waals surface area contributed by atoms with Crippen LogP contribution >= 0.6 is 0 Å². The number of tetrazole rings is 1. The Hall–Kier alpha value is -1.50. The zero-order valence-electron chi connectivity index (χ0n) is 13.4. The summed E-state index contributed by atoms with van der Waals surface area (Å²) in [5.74, 6) is 0.819. The first-order valence-electron chi connectivity index (χ1n) is 8.43. The molecular weight excluding hydrogens is 280 g/mol. The highest BCUT2D eigenvalue weighted by molar-refractivity contribution is 5.75. The number of aromatic nitrogens is 4. The highest BCUT2D eigenvalue weighted by Crippen LogP contribution is 2.31. The van der Waals surface area contributed by atoms with E-state index in [1.807, 2.05) is 11.9 Å². The summed E-state index contributed by atoms with van der Waals surface area (Å²) in [6.07, 6.45) is 8.52. The molecule has 2 unspecified atom stereocenters. The fraction of sp³-hybridized carbons (Fsp3) is 0.867. The fourth-order valence-corrected chi connectivity index (χ4v) is 3.93. The maximum Gasteiger partial charge on any atom is 0.224 e. The molecule has 0 aromatic carbocycles. The second kappa shape index (κ2) is 7.17. The van der Waals surface area contributed by atoms with Gasteiger partial charge in [-0.1, -0.05) is 6.42 Å². The van der Waals surface area contributed by atoms with Crippen LogP contribution in [0.1, 0.15) is 38.5 Å². The zero-order valence-corrected chi connectivity index (χ0v) is 13.4. The van der Waals surface area contributed by atoms with Crippen LogP contribution in [0.25, 0.3) is 0 Å². The van der Waals surface area contributed by atoms with Gasteiger partial charge in [-0.25, -0.2) is 4.68 Å². The zero-order chi connectivity index (χ0) is 15.4. The maximum atomic E-state index is 12.3. The maximum absolute atomic E-state index is 12.3. The molecule has 2 atom stereocenters. The molecule has 22 heavy (non-hydrogen) atoms. The van der Waals surface area contributed by atoms with Crippen molar-refractivity contribution in [2.45, 2.75) is 51.1 Å². The van der Waals surface area contributed by atoms with Crippen LogP contribution in [0.3, 0.4) is 0 Å². The Morgan fingerprint density at radius 1 is 1.27 bits per heavy atom. The summed E-state index contributed by atoms with van der Waals surface area (Å²) in [5.41, 5.74) is 0. The molecule has 3 heterocycles. The molecule has 1 aromatic rings. The number of carbonyl (C=O) groups excluding carboxylic acids is 1. The van der Waals surface area contributed by atoms with E-state index >= 15 is 0 Å². The Labute approximate surface area is 131 Å². The molecule has 2 saturated heterocycles. The third-order valence-electron chi connectivity index (χ3n) is 5.11. The molecule has 2 fully saturated rings. The molecule has 122 valence electrons. The lowest BCUT2D eigenvalue weighted by molar-refractivity contribution is -0.131. The van der Waals surface area contributed by atoms with Gasteiger partial charge in [0.05, 0.1) is 6.54 Å². The molecule has 0 bridgehead atoms. The molecule has 7 nitrogen and oxygen atoms in total. The average molecular weight is 306 g/mol. The van der Waals surface area contributed by atoms with Gasteiger partial charge in [0.15, 0.2) is 0 Å². The average Bonchev–Trinajstić information content (AvgIpc) is 3.06. The second-order valence-electron chi connectivity index (χ2n) is 6.60. The number of fused-ring (bicyclic) bond motifs is 1. The Morgan fingerprint density at radius 2 is 2.14 bits per heavy atom. The first-order valence-corrected chi connectivity index (χ1v) is 8.43. The molecule has 0 radical (unpaired) electrons. The van der Waals surface area contributed by atoms with Gasteiger partial charge in [-0.15, -0.1) is 5.10 Å². The van der Waals surface area contributed by atoms with Gasteiger partial charge in [-0.05, 0) is 55.1 Å². The summed E-state index contributed by atoms with van der Waals surface area (Å²) < 4.78 is 1.61. The molecule has 0 spiro atoms. The molecular formula is C15H26N6O. The molecule has 1 aromatic heterocycles. The summed E-state index contributed by atoms with van der Waals surface area (Å²) in [7, 11) is 1.93. The minimum atomic E-state index is 0.184. The van der Waals surface area contributed by atoms with E-state index in [9.17, 15) is 4.79 Å². The molecule has 3 rings (SSSR count). The monoisotopic (exact) mass is 306 g/mol. The predicted molar refractivity (Wildman–Crippen MR) is 82.0 cm³/mol. The molecule has 2 aliphatic heterocycles. The number of piperidine rings is 2. The van der Waals surface area contributed by atoms with Gasteiger partial charge < -0.3 is 9.80 Å². The van der Waals surface area contributed by atoms with Crippen LogP contribution in [-0.4, -0.2) is 68.6 Å². The van der Waals surface area contributed by atoms with Crippen LogP contribution in [0.5, 0.6) is 0 Å². The van der Waals surface area contributed by atoms with E-state index in [-0.39, 0.29) is 5.91 Å². The molecule has 0 aliphatic carbocycles. The fourth-order valence-electron chi connectivity index (χ4n) is 3.93. The second-order valence-corrected chi connectivity index (χ2v) is 6.60. The van der Waals surface area contributed by atoms with E-state index in [0.29, 0.717) is 24.9 Å². The summed E-state index contributed by atoms with van der Waals surface area (Å²) in [6.45, 7) is 3.93. The highest BCUT2D eigenvalue weighted by Gasteiger charge is 2.33. The third-order valence-corrected chi connectivity index (χ3v) is 5.11. The predicted octanol–water partition coefficient (Wildman–Crippen LogP) is 0.786. The Kier molecular flexibility index (Phi) is 5.02. The van der Waals surface area contributed by atoms with E-state index in [0.717, 1.165) is 6.54 Å². The van der Waals surface area contributed by atoms with E-state index in [1.54, 1.807) is 11.0 Å². The van der Waals surface area contributed by atoms with Crippen molar-refractivity contribution in [1.82, 2.24) is 30.0 Å². The van der Waals surface area contributed by atoms with Crippen molar-refractivity contribution in [2.75, 3.05) is 26.7 Å². The first kappa shape index (κ1) is 15.4. The quantitative estimate of drug-likeness (QED) is 0.804. The van der Waals surface area contributed by atoms with Crippen LogP contribution in [0, 0.1) is 5.92 Å². The van der Waals surface area contributed by atoms with Gasteiger partial charge in [0, 0.05) is 26.1 Å². The third kappa shape index (κ3) is 3.63. The van der Waals surface area contributed by atoms with Gasteiger partial charge >= 0.3 is 0 Å². The van der Waals surface area contributed by atoms with Crippen LogP contribution in [-0.2, 0) is 11.3 Å². The molecule has 0 saturated carbocycles. The number of aryl methyl sites for hydroxylation is 1. The normalized spacial score (nSPS) is 25.7. The summed E-state index contributed by atoms with van der Waals surface area (Å²) in [4.78, 5) is 16.9. The first-order chi connectivity index (χ1) is 10.7. The Balaban J connectivity index is 1.49. The van der Waals surface area contributed by atoms with Gasteiger partial charge in [0.2, 0.25) is 5.91 Å². The van der Waals surface area contributed by atoms with Crippen molar-refractivity contribution in [3.63, 3.8) is 0 Å². The lowest BCUT2D eigenvalue weighted by Crippen LogP contribution is -2.51. The highest BCUT2D eigenvalue weighted by atomic mass is 16.2. The molecule has 0 N–H and O–H groups in total. The lowest BCUT2D eigenvalue weighted by atomic mass is 9.83. The van der Waals surface area contributed by atoms with Crippen LogP contribution in [0.15, 0.2) is 6.33 Å².